The quantitative estimate of drug-likeness (QED) is 0.602. The van der Waals surface area contributed by atoms with Gasteiger partial charge in [-0.15, -0.1) is 0 Å². The maximum absolute atomic E-state index is 12.9. The number of nitrogens with zero attached hydrogens (tertiary/aromatic N) is 4. The Kier molecular flexibility index (Phi) is 5.38. The van der Waals surface area contributed by atoms with Gasteiger partial charge in [-0.3, -0.25) is 9.78 Å². The largest absolute Gasteiger partial charge is 0.393 e. The van der Waals surface area contributed by atoms with Gasteiger partial charge in [0.1, 0.15) is 6.07 Å². The third kappa shape index (κ3) is 3.98. The molecule has 1 aliphatic rings. The van der Waals surface area contributed by atoms with Gasteiger partial charge in [-0.2, -0.15) is 10.4 Å². The van der Waals surface area contributed by atoms with Crippen molar-refractivity contribution in [2.24, 2.45) is 0 Å². The minimum absolute atomic E-state index is 0.0211. The molecule has 3 aromatic rings. The molecule has 0 saturated heterocycles. The number of nitriles is 1. The second kappa shape index (κ2) is 8.13. The van der Waals surface area contributed by atoms with Gasteiger partial charge in [0, 0.05) is 18.3 Å². The maximum Gasteiger partial charge on any atom is 0.255 e. The lowest BCUT2D eigenvalue weighted by atomic mass is 10.1. The molecule has 3 aromatic heterocycles. The van der Waals surface area contributed by atoms with Crippen LogP contribution < -0.4 is 10.6 Å². The van der Waals surface area contributed by atoms with Crippen molar-refractivity contribution in [2.75, 3.05) is 5.32 Å². The highest BCUT2D eigenvalue weighted by Crippen LogP contribution is 2.26. The summed E-state index contributed by atoms with van der Waals surface area (Å²) in [6.07, 6.45) is 4.81. The van der Waals surface area contributed by atoms with E-state index >= 15 is 0 Å². The van der Waals surface area contributed by atoms with Gasteiger partial charge < -0.3 is 15.7 Å². The van der Waals surface area contributed by atoms with E-state index in [0.717, 1.165) is 17.6 Å². The highest BCUT2D eigenvalue weighted by atomic mass is 16.3. The van der Waals surface area contributed by atoms with E-state index in [9.17, 15) is 9.90 Å². The summed E-state index contributed by atoms with van der Waals surface area (Å²) >= 11 is 0. The molecule has 8 nitrogen and oxygen atoms in total. The number of aliphatic hydroxyl groups is 1. The molecule has 3 N–H and O–H groups in total. The van der Waals surface area contributed by atoms with Crippen molar-refractivity contribution < 1.29 is 9.90 Å². The molecule has 0 unspecified atom stereocenters. The average Bonchev–Trinajstić information content (AvgIpc) is 3.32. The minimum Gasteiger partial charge on any atom is -0.393 e. The standard InChI is InChI=1S/C22H24N6O2/c1-13(2)26-19-9-20(21-6-4-16-7-14(10-23)11-25-28(16)21)24-12-18(19)22(30)27-15-3-5-17(29)8-15/h4,6-7,9,11-13,15,17,29H,3,5,8H2,1-2H3,(H,24,26)(H,27,30)/t15-,17-/m0/s1. The Morgan fingerprint density at radius 2 is 2.13 bits per heavy atom. The molecule has 1 aliphatic carbocycles. The summed E-state index contributed by atoms with van der Waals surface area (Å²) in [6, 6.07) is 9.58. The second-order valence-electron chi connectivity index (χ2n) is 7.96. The van der Waals surface area contributed by atoms with Crippen LogP contribution in [0, 0.1) is 11.3 Å². The van der Waals surface area contributed by atoms with E-state index in [2.05, 4.69) is 26.8 Å². The molecule has 4 rings (SSSR count). The Bertz CT molecular complexity index is 1130. The smallest absolute Gasteiger partial charge is 0.255 e. The molecular formula is C22H24N6O2. The summed E-state index contributed by atoms with van der Waals surface area (Å²) in [5.41, 5.74) is 3.89. The Morgan fingerprint density at radius 1 is 1.30 bits per heavy atom. The van der Waals surface area contributed by atoms with Crippen molar-refractivity contribution >= 4 is 17.1 Å². The average molecular weight is 404 g/mol. The van der Waals surface area contributed by atoms with Crippen LogP contribution in [0.1, 0.15) is 49.0 Å². The second-order valence-corrected chi connectivity index (χ2v) is 7.96. The van der Waals surface area contributed by atoms with Crippen LogP contribution >= 0.6 is 0 Å². The molecule has 1 saturated carbocycles. The zero-order valence-corrected chi connectivity index (χ0v) is 17.0. The number of carbonyl (C=O) groups is 1. The summed E-state index contributed by atoms with van der Waals surface area (Å²) in [7, 11) is 0. The van der Waals surface area contributed by atoms with Gasteiger partial charge >= 0.3 is 0 Å². The Hall–Kier alpha value is -3.44. The lowest BCUT2D eigenvalue weighted by Gasteiger charge is -2.18. The molecule has 1 amide bonds. The Labute approximate surface area is 174 Å². The van der Waals surface area contributed by atoms with Crippen molar-refractivity contribution in [3.63, 3.8) is 0 Å². The van der Waals surface area contributed by atoms with Crippen molar-refractivity contribution in [2.45, 2.75) is 51.3 Å². The van der Waals surface area contributed by atoms with E-state index in [0.29, 0.717) is 35.3 Å². The van der Waals surface area contributed by atoms with Crippen LogP contribution in [0.2, 0.25) is 0 Å². The summed E-state index contributed by atoms with van der Waals surface area (Å²) in [5, 5.41) is 29.5. The first kappa shape index (κ1) is 19.9. The van der Waals surface area contributed by atoms with Gasteiger partial charge in [0.25, 0.3) is 5.91 Å². The van der Waals surface area contributed by atoms with Crippen LogP contribution in [-0.4, -0.2) is 43.8 Å². The van der Waals surface area contributed by atoms with Crippen LogP contribution in [0.3, 0.4) is 0 Å². The van der Waals surface area contributed by atoms with Crippen LogP contribution in [0.25, 0.3) is 16.9 Å². The van der Waals surface area contributed by atoms with Gasteiger partial charge in [-0.1, -0.05) is 0 Å². The predicted molar refractivity (Wildman–Crippen MR) is 113 cm³/mol. The first-order valence-corrected chi connectivity index (χ1v) is 10.1. The molecule has 2 atom stereocenters. The van der Waals surface area contributed by atoms with Crippen LogP contribution in [-0.2, 0) is 0 Å². The van der Waals surface area contributed by atoms with E-state index in [-0.39, 0.29) is 24.1 Å². The van der Waals surface area contributed by atoms with E-state index in [1.807, 2.05) is 32.0 Å². The number of aliphatic hydroxyl groups excluding tert-OH is 1. The zero-order valence-electron chi connectivity index (χ0n) is 17.0. The Morgan fingerprint density at radius 3 is 2.83 bits per heavy atom. The zero-order chi connectivity index (χ0) is 21.3. The van der Waals surface area contributed by atoms with Crippen LogP contribution in [0.4, 0.5) is 5.69 Å². The van der Waals surface area contributed by atoms with Crippen LogP contribution in [0.15, 0.2) is 36.7 Å². The fourth-order valence-corrected chi connectivity index (χ4v) is 3.81. The molecule has 0 aromatic carbocycles. The monoisotopic (exact) mass is 404 g/mol. The molecule has 0 bridgehead atoms. The molecule has 30 heavy (non-hydrogen) atoms. The number of carbonyl (C=O) groups excluding carboxylic acids is 1. The van der Waals surface area contributed by atoms with Gasteiger partial charge in [0.05, 0.1) is 46.0 Å². The molecule has 1 fully saturated rings. The lowest BCUT2D eigenvalue weighted by Crippen LogP contribution is -2.34. The molecule has 0 aliphatic heterocycles. The van der Waals surface area contributed by atoms with Crippen molar-refractivity contribution in [1.29, 1.82) is 5.26 Å². The molecular weight excluding hydrogens is 380 g/mol. The number of anilines is 1. The van der Waals surface area contributed by atoms with Gasteiger partial charge in [-0.25, -0.2) is 4.52 Å². The summed E-state index contributed by atoms with van der Waals surface area (Å²) in [5.74, 6) is -0.201. The summed E-state index contributed by atoms with van der Waals surface area (Å²) < 4.78 is 1.72. The molecule has 0 spiro atoms. The van der Waals surface area contributed by atoms with Gasteiger partial charge in [0.15, 0.2) is 0 Å². The fraction of sp³-hybridized carbons (Fsp3) is 0.364. The fourth-order valence-electron chi connectivity index (χ4n) is 3.81. The number of nitrogens with one attached hydrogen (secondary N) is 2. The first-order valence-electron chi connectivity index (χ1n) is 10.1. The topological polar surface area (TPSA) is 115 Å². The number of hydrogen-bond acceptors (Lipinski definition) is 6. The van der Waals surface area contributed by atoms with Gasteiger partial charge in [0.2, 0.25) is 0 Å². The van der Waals surface area contributed by atoms with E-state index in [4.69, 9.17) is 5.26 Å². The number of amides is 1. The van der Waals surface area contributed by atoms with E-state index in [1.165, 1.54) is 6.20 Å². The highest BCUT2D eigenvalue weighted by molar-refractivity contribution is 6.00. The molecule has 8 heteroatoms. The first-order chi connectivity index (χ1) is 14.4. The SMILES string of the molecule is CC(C)Nc1cc(-c2ccc3cc(C#N)cnn23)ncc1C(=O)N[C@H]1CC[C@H](O)C1. The Balaban J connectivity index is 1.67. The lowest BCUT2D eigenvalue weighted by molar-refractivity contribution is 0.0934. The van der Waals surface area contributed by atoms with Crippen molar-refractivity contribution in [1.82, 2.24) is 19.9 Å². The number of rotatable bonds is 5. The number of aromatic nitrogens is 3. The molecule has 154 valence electrons. The predicted octanol–water partition coefficient (Wildman–Crippen LogP) is 2.73. The maximum atomic E-state index is 12.9. The molecule has 0 radical (unpaired) electrons. The number of hydrogen-bond donors (Lipinski definition) is 3. The normalized spacial score (nSPS) is 18.5. The molecule has 3 heterocycles. The number of fused-ring (bicyclic) bond motifs is 1. The summed E-state index contributed by atoms with van der Waals surface area (Å²) in [6.45, 7) is 4.01. The van der Waals surface area contributed by atoms with Crippen molar-refractivity contribution in [3.8, 4) is 17.5 Å². The highest BCUT2D eigenvalue weighted by Gasteiger charge is 2.25. The van der Waals surface area contributed by atoms with Crippen LogP contribution in [0.5, 0.6) is 0 Å². The number of pyridine rings is 1. The van der Waals surface area contributed by atoms with E-state index < -0.39 is 0 Å². The van der Waals surface area contributed by atoms with E-state index in [1.54, 1.807) is 16.8 Å². The van der Waals surface area contributed by atoms with Gasteiger partial charge in [-0.05, 0) is 57.4 Å². The van der Waals surface area contributed by atoms with Crippen molar-refractivity contribution in [3.05, 3.63) is 47.8 Å². The minimum atomic E-state index is -0.347. The third-order valence-electron chi connectivity index (χ3n) is 5.22. The summed E-state index contributed by atoms with van der Waals surface area (Å²) in [4.78, 5) is 17.4. The third-order valence-corrected chi connectivity index (χ3v) is 5.22.